The summed E-state index contributed by atoms with van der Waals surface area (Å²) >= 11 is 1.25. The molecule has 1 heterocycles. The number of nitrogens with zero attached hydrogens (tertiary/aromatic N) is 1. The highest BCUT2D eigenvalue weighted by molar-refractivity contribution is 8.00. The Morgan fingerprint density at radius 3 is 2.45 bits per heavy atom. The SMILES string of the molecule is COc1ccc(O)c2c1SC1CC3C(C(=O)C(C(N)=O)=C(O)[C@H]3N(C)C)C(=O)C1=C2O. The number of methoxy groups -OCH3 is 1. The molecule has 3 aliphatic rings. The third kappa shape index (κ3) is 2.93. The average molecular weight is 446 g/mol. The lowest BCUT2D eigenvalue weighted by molar-refractivity contribution is -0.135. The van der Waals surface area contributed by atoms with Gasteiger partial charge in [0, 0.05) is 11.2 Å². The van der Waals surface area contributed by atoms with Gasteiger partial charge in [-0.1, -0.05) is 0 Å². The molecule has 4 rings (SSSR count). The Morgan fingerprint density at radius 2 is 1.87 bits per heavy atom. The number of nitrogens with two attached hydrogens (primary N) is 1. The van der Waals surface area contributed by atoms with E-state index in [1.54, 1.807) is 25.1 Å². The topological polar surface area (TPSA) is 150 Å². The summed E-state index contributed by atoms with van der Waals surface area (Å²) < 4.78 is 5.35. The van der Waals surface area contributed by atoms with Crippen LogP contribution in [0, 0.1) is 11.8 Å². The third-order valence-electron chi connectivity index (χ3n) is 6.13. The maximum atomic E-state index is 13.5. The summed E-state index contributed by atoms with van der Waals surface area (Å²) in [5.41, 5.74) is 4.83. The second kappa shape index (κ2) is 7.31. The number of carbonyl (C=O) groups excluding carboxylic acids is 3. The molecule has 4 atom stereocenters. The molecule has 164 valence electrons. The number of aliphatic hydroxyl groups excluding tert-OH is 2. The summed E-state index contributed by atoms with van der Waals surface area (Å²) in [4.78, 5) is 40.6. The van der Waals surface area contributed by atoms with E-state index < -0.39 is 57.7 Å². The number of amides is 1. The van der Waals surface area contributed by atoms with Crippen molar-refractivity contribution in [3.8, 4) is 11.5 Å². The van der Waals surface area contributed by atoms with Crippen LogP contribution >= 0.6 is 11.8 Å². The molecule has 3 unspecified atom stereocenters. The standard InChI is InChI=1S/C21H22N2O7S/c1-23(2)15-7-6-10-13(16(25)11(7)17(26)14(19(15)28)21(22)29)18(27)12-8(24)4-5-9(30-3)20(12)31-10/h4-5,7,10-11,15,24,27-28H,6H2,1-3H3,(H2,22,29)/t7?,10?,11?,15-/m0/s1. The monoisotopic (exact) mass is 446 g/mol. The first kappa shape index (κ1) is 21.3. The summed E-state index contributed by atoms with van der Waals surface area (Å²) in [5, 5.41) is 31.4. The maximum Gasteiger partial charge on any atom is 0.255 e. The second-order valence-electron chi connectivity index (χ2n) is 8.00. The first-order chi connectivity index (χ1) is 14.6. The highest BCUT2D eigenvalue weighted by Crippen LogP contribution is 2.55. The Kier molecular flexibility index (Phi) is 5.01. The van der Waals surface area contributed by atoms with Crippen molar-refractivity contribution in [3.05, 3.63) is 34.6 Å². The van der Waals surface area contributed by atoms with Crippen LogP contribution in [0.4, 0.5) is 0 Å². The van der Waals surface area contributed by atoms with Crippen molar-refractivity contribution >= 4 is 35.0 Å². The minimum absolute atomic E-state index is 0.0124. The number of carbonyl (C=O) groups is 3. The zero-order valence-electron chi connectivity index (χ0n) is 17.1. The largest absolute Gasteiger partial charge is 0.510 e. The molecule has 1 aromatic rings. The van der Waals surface area contributed by atoms with E-state index in [4.69, 9.17) is 10.5 Å². The number of phenolic OH excluding ortho intramolecular Hbond substituents is 1. The zero-order chi connectivity index (χ0) is 22.8. The van der Waals surface area contributed by atoms with Gasteiger partial charge in [-0.3, -0.25) is 19.3 Å². The molecule has 0 spiro atoms. The van der Waals surface area contributed by atoms with Gasteiger partial charge in [0.2, 0.25) is 0 Å². The van der Waals surface area contributed by atoms with Crippen LogP contribution in [0.25, 0.3) is 5.76 Å². The van der Waals surface area contributed by atoms with Crippen molar-refractivity contribution in [2.24, 2.45) is 17.6 Å². The molecule has 1 aliphatic heterocycles. The first-order valence-electron chi connectivity index (χ1n) is 9.58. The fourth-order valence-corrected chi connectivity index (χ4v) is 6.40. The molecule has 31 heavy (non-hydrogen) atoms. The second-order valence-corrected chi connectivity index (χ2v) is 9.21. The molecule has 10 heteroatoms. The maximum absolute atomic E-state index is 13.5. The number of phenols is 1. The van der Waals surface area contributed by atoms with Gasteiger partial charge in [0.1, 0.15) is 28.6 Å². The number of aliphatic hydroxyl groups is 2. The first-order valence-corrected chi connectivity index (χ1v) is 10.5. The molecule has 1 aromatic carbocycles. The molecule has 0 bridgehead atoms. The number of rotatable bonds is 3. The lowest BCUT2D eigenvalue weighted by atomic mass is 9.64. The van der Waals surface area contributed by atoms with E-state index in [0.29, 0.717) is 10.6 Å². The Labute approximate surface area is 182 Å². The van der Waals surface area contributed by atoms with Gasteiger partial charge in [0.05, 0.1) is 35.1 Å². The molecule has 5 N–H and O–H groups in total. The Morgan fingerprint density at radius 1 is 1.19 bits per heavy atom. The van der Waals surface area contributed by atoms with Gasteiger partial charge >= 0.3 is 0 Å². The molecule has 0 aromatic heterocycles. The Bertz CT molecular complexity index is 1090. The number of thioether (sulfide) groups is 1. The number of Topliss-reactive ketones (excluding diaryl/α,β-unsaturated/α-hetero) is 2. The summed E-state index contributed by atoms with van der Waals surface area (Å²) in [6.45, 7) is 0. The molecular weight excluding hydrogens is 424 g/mol. The Hall–Kier alpha value is -2.98. The van der Waals surface area contributed by atoms with Crippen LogP contribution in [0.5, 0.6) is 11.5 Å². The minimum Gasteiger partial charge on any atom is -0.510 e. The molecule has 1 amide bonds. The number of likely N-dealkylation sites (N-methyl/N-ethyl adjacent to an activating group) is 1. The number of hydrogen-bond donors (Lipinski definition) is 4. The molecule has 2 aliphatic carbocycles. The summed E-state index contributed by atoms with van der Waals surface area (Å²) in [6, 6.07) is 2.14. The fraction of sp³-hybridized carbons (Fsp3) is 0.381. The molecule has 9 nitrogen and oxygen atoms in total. The predicted molar refractivity (Wildman–Crippen MR) is 112 cm³/mol. The predicted octanol–water partition coefficient (Wildman–Crippen LogP) is 1.16. The van der Waals surface area contributed by atoms with E-state index in [9.17, 15) is 29.7 Å². The van der Waals surface area contributed by atoms with Crippen LogP contribution in [0.1, 0.15) is 12.0 Å². The van der Waals surface area contributed by atoms with Crippen molar-refractivity contribution in [2.45, 2.75) is 22.6 Å². The van der Waals surface area contributed by atoms with Gasteiger partial charge in [0.25, 0.3) is 5.91 Å². The van der Waals surface area contributed by atoms with Crippen LogP contribution in [-0.2, 0) is 14.4 Å². The van der Waals surface area contributed by atoms with Gasteiger partial charge in [-0.25, -0.2) is 0 Å². The smallest absolute Gasteiger partial charge is 0.255 e. The minimum atomic E-state index is -1.27. The lowest BCUT2D eigenvalue weighted by Gasteiger charge is -2.45. The van der Waals surface area contributed by atoms with Gasteiger partial charge in [-0.05, 0) is 32.6 Å². The average Bonchev–Trinajstić information content (AvgIpc) is 2.67. The highest BCUT2D eigenvalue weighted by atomic mass is 32.2. The van der Waals surface area contributed by atoms with Crippen molar-refractivity contribution in [1.29, 1.82) is 0 Å². The van der Waals surface area contributed by atoms with Crippen LogP contribution in [0.3, 0.4) is 0 Å². The quantitative estimate of drug-likeness (QED) is 0.396. The van der Waals surface area contributed by atoms with E-state index in [2.05, 4.69) is 0 Å². The number of benzene rings is 1. The summed E-state index contributed by atoms with van der Waals surface area (Å²) in [6.07, 6.45) is 0.267. The van der Waals surface area contributed by atoms with Crippen LogP contribution in [-0.4, -0.2) is 70.2 Å². The summed E-state index contributed by atoms with van der Waals surface area (Å²) in [7, 11) is 4.80. The van der Waals surface area contributed by atoms with Gasteiger partial charge in [-0.15, -0.1) is 11.8 Å². The van der Waals surface area contributed by atoms with Crippen molar-refractivity contribution in [1.82, 2.24) is 4.90 Å². The molecule has 1 saturated carbocycles. The van der Waals surface area contributed by atoms with Gasteiger partial charge in [-0.2, -0.15) is 0 Å². The number of primary amides is 1. The number of ether oxygens (including phenoxy) is 1. The lowest BCUT2D eigenvalue weighted by Crippen LogP contribution is -2.55. The third-order valence-corrected chi connectivity index (χ3v) is 7.48. The highest BCUT2D eigenvalue weighted by Gasteiger charge is 2.56. The van der Waals surface area contributed by atoms with Crippen molar-refractivity contribution < 1.29 is 34.4 Å². The van der Waals surface area contributed by atoms with Gasteiger partial charge in [0.15, 0.2) is 11.6 Å². The van der Waals surface area contributed by atoms with Gasteiger partial charge < -0.3 is 25.8 Å². The molecular formula is C21H22N2O7S. The van der Waals surface area contributed by atoms with E-state index in [1.807, 2.05) is 0 Å². The van der Waals surface area contributed by atoms with Crippen LogP contribution < -0.4 is 10.5 Å². The fourth-order valence-electron chi connectivity index (χ4n) is 4.87. The normalized spacial score (nSPS) is 27.7. The van der Waals surface area contributed by atoms with E-state index in [0.717, 1.165) is 0 Å². The number of ketones is 2. The number of hydrogen-bond acceptors (Lipinski definition) is 9. The summed E-state index contributed by atoms with van der Waals surface area (Å²) in [5.74, 6) is -5.13. The van der Waals surface area contributed by atoms with Crippen molar-refractivity contribution in [3.63, 3.8) is 0 Å². The van der Waals surface area contributed by atoms with E-state index in [-0.39, 0.29) is 23.3 Å². The van der Waals surface area contributed by atoms with E-state index in [1.165, 1.54) is 24.9 Å². The van der Waals surface area contributed by atoms with Crippen LogP contribution in [0.2, 0.25) is 0 Å². The Balaban J connectivity index is 1.91. The number of aromatic hydroxyl groups is 1. The van der Waals surface area contributed by atoms with E-state index >= 15 is 0 Å². The van der Waals surface area contributed by atoms with Crippen LogP contribution in [0.15, 0.2) is 33.9 Å². The molecule has 0 radical (unpaired) electrons. The molecule has 1 fully saturated rings. The van der Waals surface area contributed by atoms with Crippen molar-refractivity contribution in [2.75, 3.05) is 21.2 Å². The molecule has 0 saturated heterocycles. The zero-order valence-corrected chi connectivity index (χ0v) is 17.9. The number of fused-ring (bicyclic) bond motifs is 3.